The molecule has 5 nitrogen and oxygen atoms in total. The molecule has 0 bridgehead atoms. The zero-order chi connectivity index (χ0) is 16.4. The van der Waals surface area contributed by atoms with E-state index < -0.39 is 5.97 Å². The quantitative estimate of drug-likeness (QED) is 0.785. The lowest BCUT2D eigenvalue weighted by Gasteiger charge is -2.36. The molecule has 0 spiro atoms. The number of hydrazine groups is 1. The molecule has 2 fully saturated rings. The smallest absolute Gasteiger partial charge is 0.307 e. The van der Waals surface area contributed by atoms with Crippen LogP contribution in [0.15, 0.2) is 24.3 Å². The van der Waals surface area contributed by atoms with E-state index in [0.29, 0.717) is 18.4 Å². The van der Waals surface area contributed by atoms with Crippen LogP contribution in [0.4, 0.5) is 0 Å². The predicted octanol–water partition coefficient (Wildman–Crippen LogP) is 2.15. The first kappa shape index (κ1) is 16.7. The number of hydrogen-bond acceptors (Lipinski definition) is 4. The summed E-state index contributed by atoms with van der Waals surface area (Å²) in [4.78, 5) is 13.6. The zero-order valence-electron chi connectivity index (χ0n) is 13.3. The van der Waals surface area contributed by atoms with Gasteiger partial charge in [0.25, 0.3) is 0 Å². The molecular weight excluding hydrogens is 314 g/mol. The molecule has 2 saturated heterocycles. The van der Waals surface area contributed by atoms with Gasteiger partial charge in [0.15, 0.2) is 0 Å². The molecule has 2 aliphatic heterocycles. The van der Waals surface area contributed by atoms with Crippen LogP contribution in [0.5, 0.6) is 0 Å². The van der Waals surface area contributed by atoms with Crippen LogP contribution < -0.4 is 10.9 Å². The van der Waals surface area contributed by atoms with E-state index in [9.17, 15) is 9.90 Å². The molecule has 1 aromatic carbocycles. The van der Waals surface area contributed by atoms with Crippen molar-refractivity contribution in [3.05, 3.63) is 34.9 Å². The Balaban J connectivity index is 1.67. The van der Waals surface area contributed by atoms with Gasteiger partial charge >= 0.3 is 5.97 Å². The molecule has 0 aliphatic carbocycles. The molecule has 6 heteroatoms. The lowest BCUT2D eigenvalue weighted by atomic mass is 9.88. The summed E-state index contributed by atoms with van der Waals surface area (Å²) in [5.41, 5.74) is 7.75. The molecule has 23 heavy (non-hydrogen) atoms. The minimum Gasteiger partial charge on any atom is -0.481 e. The first-order chi connectivity index (χ1) is 11.0. The van der Waals surface area contributed by atoms with Crippen molar-refractivity contribution in [2.24, 2.45) is 17.8 Å². The van der Waals surface area contributed by atoms with E-state index in [2.05, 4.69) is 28.7 Å². The number of rotatable bonds is 4. The zero-order valence-corrected chi connectivity index (χ0v) is 14.1. The molecule has 2 aliphatic rings. The number of nitrogens with zero attached hydrogens (tertiary/aromatic N) is 1. The highest BCUT2D eigenvalue weighted by Gasteiger charge is 2.34. The predicted molar refractivity (Wildman–Crippen MR) is 90.2 cm³/mol. The average Bonchev–Trinajstić information content (AvgIpc) is 2.94. The summed E-state index contributed by atoms with van der Waals surface area (Å²) >= 11 is 6.11. The molecule has 0 aromatic heterocycles. The van der Waals surface area contributed by atoms with Crippen molar-refractivity contribution in [3.63, 3.8) is 0 Å². The normalized spacial score (nSPS) is 32.1. The first-order valence-corrected chi connectivity index (χ1v) is 8.59. The summed E-state index contributed by atoms with van der Waals surface area (Å²) in [5.74, 6) is -0.0914. The van der Waals surface area contributed by atoms with E-state index in [1.165, 1.54) is 5.56 Å². The number of carbonyl (C=O) groups is 1. The lowest BCUT2D eigenvalue weighted by Crippen LogP contribution is -2.45. The van der Waals surface area contributed by atoms with Gasteiger partial charge in [-0.05, 0) is 30.0 Å². The summed E-state index contributed by atoms with van der Waals surface area (Å²) in [6.07, 6.45) is 0.782. The van der Waals surface area contributed by atoms with Crippen molar-refractivity contribution in [1.29, 1.82) is 0 Å². The average molecular weight is 338 g/mol. The Kier molecular flexibility index (Phi) is 5.21. The van der Waals surface area contributed by atoms with Gasteiger partial charge in [-0.1, -0.05) is 30.7 Å². The molecule has 0 amide bonds. The molecule has 1 aromatic rings. The summed E-state index contributed by atoms with van der Waals surface area (Å²) < 4.78 is 0. The van der Waals surface area contributed by atoms with Crippen LogP contribution in [-0.4, -0.2) is 42.2 Å². The van der Waals surface area contributed by atoms with Crippen molar-refractivity contribution in [2.45, 2.75) is 19.4 Å². The van der Waals surface area contributed by atoms with Gasteiger partial charge in [-0.2, -0.15) is 0 Å². The number of hydrogen-bond donors (Lipinski definition) is 3. The number of benzene rings is 1. The maximum atomic E-state index is 11.3. The second-order valence-corrected chi connectivity index (χ2v) is 7.35. The fourth-order valence-corrected chi connectivity index (χ4v) is 4.08. The van der Waals surface area contributed by atoms with Crippen LogP contribution in [-0.2, 0) is 4.79 Å². The number of likely N-dealkylation sites (tertiary alicyclic amines) is 1. The third-order valence-electron chi connectivity index (χ3n) is 4.88. The minimum absolute atomic E-state index is 0.203. The molecular formula is C17H24ClN3O2. The van der Waals surface area contributed by atoms with E-state index in [1.807, 2.05) is 18.2 Å². The highest BCUT2D eigenvalue weighted by Crippen LogP contribution is 2.29. The molecule has 0 radical (unpaired) electrons. The van der Waals surface area contributed by atoms with Gasteiger partial charge in [-0.15, -0.1) is 0 Å². The summed E-state index contributed by atoms with van der Waals surface area (Å²) in [6, 6.07) is 8.14. The fourth-order valence-electron chi connectivity index (χ4n) is 3.88. The van der Waals surface area contributed by atoms with Gasteiger partial charge in [0.2, 0.25) is 0 Å². The van der Waals surface area contributed by atoms with Crippen molar-refractivity contribution in [2.75, 3.05) is 26.2 Å². The Hall–Kier alpha value is -1.14. The molecule has 2 heterocycles. The van der Waals surface area contributed by atoms with E-state index in [0.717, 1.165) is 31.1 Å². The van der Waals surface area contributed by atoms with E-state index >= 15 is 0 Å². The topological polar surface area (TPSA) is 64.6 Å². The van der Waals surface area contributed by atoms with Gasteiger partial charge in [0.05, 0.1) is 12.0 Å². The van der Waals surface area contributed by atoms with Crippen LogP contribution in [0.2, 0.25) is 5.02 Å². The molecule has 3 rings (SSSR count). The minimum atomic E-state index is -0.671. The third-order valence-corrected chi connectivity index (χ3v) is 5.11. The van der Waals surface area contributed by atoms with Crippen LogP contribution in [0.1, 0.15) is 24.9 Å². The van der Waals surface area contributed by atoms with E-state index in [4.69, 9.17) is 11.6 Å². The number of piperidine rings is 1. The molecule has 3 N–H and O–H groups in total. The van der Waals surface area contributed by atoms with Crippen molar-refractivity contribution >= 4 is 17.6 Å². The molecule has 4 atom stereocenters. The van der Waals surface area contributed by atoms with E-state index in [1.54, 1.807) is 0 Å². The first-order valence-electron chi connectivity index (χ1n) is 8.22. The second kappa shape index (κ2) is 7.18. The number of carboxylic acid groups (broad SMARTS) is 1. The van der Waals surface area contributed by atoms with Gasteiger partial charge in [0, 0.05) is 37.1 Å². The lowest BCUT2D eigenvalue weighted by molar-refractivity contribution is -0.144. The largest absolute Gasteiger partial charge is 0.481 e. The number of carboxylic acids is 1. The Morgan fingerprint density at radius 2 is 2.26 bits per heavy atom. The second-order valence-electron chi connectivity index (χ2n) is 6.91. The maximum absolute atomic E-state index is 11.3. The Morgan fingerprint density at radius 3 is 3.00 bits per heavy atom. The maximum Gasteiger partial charge on any atom is 0.307 e. The van der Waals surface area contributed by atoms with Crippen molar-refractivity contribution < 1.29 is 9.90 Å². The number of aliphatic carboxylic acids is 1. The van der Waals surface area contributed by atoms with Crippen molar-refractivity contribution in [1.82, 2.24) is 15.8 Å². The third kappa shape index (κ3) is 4.04. The van der Waals surface area contributed by atoms with E-state index in [-0.39, 0.29) is 12.0 Å². The van der Waals surface area contributed by atoms with Crippen LogP contribution in [0.25, 0.3) is 0 Å². The summed E-state index contributed by atoms with van der Waals surface area (Å²) in [7, 11) is 0. The fraction of sp³-hybridized carbons (Fsp3) is 0.588. The van der Waals surface area contributed by atoms with Gasteiger partial charge < -0.3 is 10.0 Å². The number of nitrogens with one attached hydrogen (secondary N) is 2. The monoisotopic (exact) mass is 337 g/mol. The van der Waals surface area contributed by atoms with Crippen LogP contribution >= 0.6 is 11.6 Å². The number of halogens is 1. The molecule has 4 unspecified atom stereocenters. The van der Waals surface area contributed by atoms with Gasteiger partial charge in [0.1, 0.15) is 0 Å². The van der Waals surface area contributed by atoms with Crippen LogP contribution in [0, 0.1) is 17.8 Å². The molecule has 126 valence electrons. The molecule has 0 saturated carbocycles. The highest BCUT2D eigenvalue weighted by molar-refractivity contribution is 6.30. The van der Waals surface area contributed by atoms with Gasteiger partial charge in [-0.3, -0.25) is 10.2 Å². The van der Waals surface area contributed by atoms with Crippen molar-refractivity contribution in [3.8, 4) is 0 Å². The Bertz CT molecular complexity index is 569. The standard InChI is InChI=1S/C17H24ClN3O2/c1-11-5-13(17(22)23)9-21(8-11)10-14-7-19-20-16(14)12-3-2-4-15(18)6-12/h2-4,6,11,13-14,16,19-20H,5,7-10H2,1H3,(H,22,23). The summed E-state index contributed by atoms with van der Waals surface area (Å²) in [5, 5.41) is 10.1. The Labute approximate surface area is 142 Å². The van der Waals surface area contributed by atoms with Crippen LogP contribution in [0.3, 0.4) is 0 Å². The Morgan fingerprint density at radius 1 is 1.43 bits per heavy atom. The van der Waals surface area contributed by atoms with Gasteiger partial charge in [-0.25, -0.2) is 5.43 Å². The SMILES string of the molecule is CC1CC(C(=O)O)CN(CC2CNNC2c2cccc(Cl)c2)C1. The highest BCUT2D eigenvalue weighted by atomic mass is 35.5. The summed E-state index contributed by atoms with van der Waals surface area (Å²) in [6.45, 7) is 5.54.